The molecule has 2 rings (SSSR count). The van der Waals surface area contributed by atoms with E-state index < -0.39 is 30.0 Å². The van der Waals surface area contributed by atoms with Crippen molar-refractivity contribution < 1.29 is 18.4 Å². The molecule has 1 unspecified atom stereocenters. The van der Waals surface area contributed by atoms with Gasteiger partial charge in [-0.05, 0) is 45.4 Å². The Morgan fingerprint density at radius 2 is 2.07 bits per heavy atom. The molecule has 1 atom stereocenters. The molecule has 5 N–H and O–H groups in total. The summed E-state index contributed by atoms with van der Waals surface area (Å²) in [5.74, 6) is -1.56. The zero-order valence-corrected chi connectivity index (χ0v) is 17.9. The summed E-state index contributed by atoms with van der Waals surface area (Å²) in [6.07, 6.45) is 0.102. The molecule has 1 aliphatic heterocycles. The standard InChI is InChI=1S/C20H26ClF2N5O2/c1-20(2,3)27-19(30)28-9-12(6-7-22)26-15(10-28)16(18(25)29)17(24)11-4-5-14(23)13(21)8-11/h4-5,8,12,24,26H,6-7,9-10H2,1-3H3,(H2,25,29)(H,27,30)/b16-15+,24-17?. The quantitative estimate of drug-likeness (QED) is 0.416. The number of rotatable bonds is 5. The van der Waals surface area contributed by atoms with E-state index in [4.69, 9.17) is 22.7 Å². The number of hydrogen-bond acceptors (Lipinski definition) is 4. The number of piperazine rings is 1. The van der Waals surface area contributed by atoms with Gasteiger partial charge in [-0.15, -0.1) is 0 Å². The number of nitrogens with one attached hydrogen (secondary N) is 3. The van der Waals surface area contributed by atoms with Crippen molar-refractivity contribution in [3.8, 4) is 0 Å². The van der Waals surface area contributed by atoms with Crippen LogP contribution in [0.1, 0.15) is 32.8 Å². The Balaban J connectivity index is 2.45. The van der Waals surface area contributed by atoms with Gasteiger partial charge in [0.25, 0.3) is 5.91 Å². The first-order valence-corrected chi connectivity index (χ1v) is 9.77. The number of nitrogens with two attached hydrogens (primary N) is 1. The number of hydrogen-bond donors (Lipinski definition) is 4. The van der Waals surface area contributed by atoms with Crippen LogP contribution < -0.4 is 16.4 Å². The molecule has 30 heavy (non-hydrogen) atoms. The summed E-state index contributed by atoms with van der Waals surface area (Å²) < 4.78 is 26.5. The summed E-state index contributed by atoms with van der Waals surface area (Å²) in [7, 11) is 0. The van der Waals surface area contributed by atoms with Crippen LogP contribution >= 0.6 is 11.6 Å². The predicted octanol–water partition coefficient (Wildman–Crippen LogP) is 2.73. The second-order valence-electron chi connectivity index (χ2n) is 8.10. The molecule has 164 valence electrons. The molecule has 7 nitrogen and oxygen atoms in total. The van der Waals surface area contributed by atoms with Gasteiger partial charge < -0.3 is 21.3 Å². The molecular formula is C20H26ClF2N5O2. The van der Waals surface area contributed by atoms with E-state index in [0.29, 0.717) is 0 Å². The Morgan fingerprint density at radius 3 is 2.60 bits per heavy atom. The van der Waals surface area contributed by atoms with Gasteiger partial charge >= 0.3 is 6.03 Å². The summed E-state index contributed by atoms with van der Waals surface area (Å²) in [5.41, 5.74) is 5.01. The zero-order valence-electron chi connectivity index (χ0n) is 17.1. The number of urea groups is 1. The second-order valence-corrected chi connectivity index (χ2v) is 8.51. The number of amides is 3. The normalized spacial score (nSPS) is 18.5. The van der Waals surface area contributed by atoms with Crippen molar-refractivity contribution in [1.29, 1.82) is 5.41 Å². The molecule has 3 amide bonds. The lowest BCUT2D eigenvalue weighted by Crippen LogP contribution is -2.57. The largest absolute Gasteiger partial charge is 0.382 e. The molecule has 0 bridgehead atoms. The van der Waals surface area contributed by atoms with Crippen molar-refractivity contribution in [2.75, 3.05) is 19.8 Å². The maximum absolute atomic E-state index is 13.5. The molecular weight excluding hydrogens is 416 g/mol. The topological polar surface area (TPSA) is 111 Å². The third-order valence-electron chi connectivity index (χ3n) is 4.40. The van der Waals surface area contributed by atoms with Gasteiger partial charge in [0.15, 0.2) is 0 Å². The summed E-state index contributed by atoms with van der Waals surface area (Å²) in [6.45, 7) is 5.04. The summed E-state index contributed by atoms with van der Waals surface area (Å²) in [5, 5.41) is 14.1. The van der Waals surface area contributed by atoms with E-state index in [1.165, 1.54) is 17.0 Å². The van der Waals surface area contributed by atoms with E-state index in [0.717, 1.165) is 6.07 Å². The minimum absolute atomic E-state index is 0.0275. The van der Waals surface area contributed by atoms with E-state index in [9.17, 15) is 18.4 Å². The molecule has 1 heterocycles. The van der Waals surface area contributed by atoms with Crippen molar-refractivity contribution >= 4 is 29.3 Å². The monoisotopic (exact) mass is 441 g/mol. The van der Waals surface area contributed by atoms with Crippen molar-refractivity contribution in [2.45, 2.75) is 38.8 Å². The van der Waals surface area contributed by atoms with Crippen molar-refractivity contribution in [2.24, 2.45) is 5.73 Å². The van der Waals surface area contributed by atoms with E-state index in [2.05, 4.69) is 10.6 Å². The SMILES string of the molecule is CC(C)(C)NC(=O)N1C/C(=C(/C(=N)c2ccc(F)c(Cl)c2)C(N)=O)NC(CCF)C1. The van der Waals surface area contributed by atoms with Crippen LogP contribution in [0.25, 0.3) is 0 Å². The molecule has 0 aromatic heterocycles. The fraction of sp³-hybridized carbons (Fsp3) is 0.450. The summed E-state index contributed by atoms with van der Waals surface area (Å²) in [4.78, 5) is 26.3. The Kier molecular flexibility index (Phi) is 7.41. The number of benzene rings is 1. The highest BCUT2D eigenvalue weighted by molar-refractivity contribution is 6.32. The van der Waals surface area contributed by atoms with Crippen molar-refractivity contribution in [1.82, 2.24) is 15.5 Å². The van der Waals surface area contributed by atoms with Crippen LogP contribution in [0.3, 0.4) is 0 Å². The number of halogens is 3. The molecule has 0 aliphatic carbocycles. The Labute approximate surface area is 179 Å². The third kappa shape index (κ3) is 5.91. The average molecular weight is 442 g/mol. The first-order valence-electron chi connectivity index (χ1n) is 9.39. The smallest absolute Gasteiger partial charge is 0.318 e. The molecule has 1 fully saturated rings. The summed E-state index contributed by atoms with van der Waals surface area (Å²) >= 11 is 5.80. The molecule has 1 aromatic rings. The minimum Gasteiger partial charge on any atom is -0.382 e. The van der Waals surface area contributed by atoms with Crippen LogP contribution in [0.5, 0.6) is 0 Å². The molecule has 0 saturated carbocycles. The van der Waals surface area contributed by atoms with Gasteiger partial charge in [0.2, 0.25) is 0 Å². The van der Waals surface area contributed by atoms with Crippen LogP contribution in [0.2, 0.25) is 5.02 Å². The van der Waals surface area contributed by atoms with Crippen molar-refractivity contribution in [3.05, 3.63) is 45.9 Å². The molecule has 0 radical (unpaired) electrons. The third-order valence-corrected chi connectivity index (χ3v) is 4.69. The number of nitrogens with zero attached hydrogens (tertiary/aromatic N) is 1. The fourth-order valence-electron chi connectivity index (χ4n) is 3.08. The Hall–Kier alpha value is -2.68. The van der Waals surface area contributed by atoms with Crippen LogP contribution in [-0.2, 0) is 4.79 Å². The highest BCUT2D eigenvalue weighted by atomic mass is 35.5. The maximum Gasteiger partial charge on any atom is 0.318 e. The number of carbonyl (C=O) groups is 2. The van der Waals surface area contributed by atoms with Gasteiger partial charge in [0.05, 0.1) is 29.5 Å². The van der Waals surface area contributed by atoms with E-state index in [1.807, 2.05) is 20.8 Å². The molecule has 1 aliphatic rings. The van der Waals surface area contributed by atoms with E-state index in [-0.39, 0.29) is 53.1 Å². The van der Waals surface area contributed by atoms with Crippen LogP contribution in [0.4, 0.5) is 13.6 Å². The Bertz CT molecular complexity index is 882. The minimum atomic E-state index is -0.903. The first kappa shape index (κ1) is 23.6. The lowest BCUT2D eigenvalue weighted by Gasteiger charge is -2.38. The van der Waals surface area contributed by atoms with E-state index >= 15 is 0 Å². The Morgan fingerprint density at radius 1 is 1.40 bits per heavy atom. The van der Waals surface area contributed by atoms with Gasteiger partial charge in [-0.25, -0.2) is 9.18 Å². The second kappa shape index (κ2) is 9.42. The molecule has 10 heteroatoms. The highest BCUT2D eigenvalue weighted by Crippen LogP contribution is 2.21. The van der Waals surface area contributed by atoms with E-state index in [1.54, 1.807) is 0 Å². The number of carbonyl (C=O) groups excluding carboxylic acids is 2. The lowest BCUT2D eigenvalue weighted by molar-refractivity contribution is -0.114. The number of primary amides is 1. The van der Waals surface area contributed by atoms with Crippen LogP contribution in [0.15, 0.2) is 29.5 Å². The molecule has 1 aromatic carbocycles. The zero-order chi connectivity index (χ0) is 22.6. The van der Waals surface area contributed by atoms with Crippen LogP contribution in [-0.4, -0.2) is 53.9 Å². The molecule has 1 saturated heterocycles. The fourth-order valence-corrected chi connectivity index (χ4v) is 3.26. The van der Waals surface area contributed by atoms with Gasteiger partial charge in [-0.2, -0.15) is 0 Å². The predicted molar refractivity (Wildman–Crippen MR) is 112 cm³/mol. The number of alkyl halides is 1. The van der Waals surface area contributed by atoms with Crippen molar-refractivity contribution in [3.63, 3.8) is 0 Å². The van der Waals surface area contributed by atoms with Gasteiger partial charge in [0, 0.05) is 29.4 Å². The average Bonchev–Trinajstić information content (AvgIpc) is 2.62. The van der Waals surface area contributed by atoms with Gasteiger partial charge in [-0.1, -0.05) is 11.6 Å². The van der Waals surface area contributed by atoms with Gasteiger partial charge in [0.1, 0.15) is 5.82 Å². The maximum atomic E-state index is 13.5. The molecule has 0 spiro atoms. The van der Waals surface area contributed by atoms with Crippen LogP contribution in [0, 0.1) is 11.2 Å². The first-order chi connectivity index (χ1) is 13.9. The lowest BCUT2D eigenvalue weighted by atomic mass is 9.97. The van der Waals surface area contributed by atoms with Gasteiger partial charge in [-0.3, -0.25) is 14.6 Å². The highest BCUT2D eigenvalue weighted by Gasteiger charge is 2.31. The summed E-state index contributed by atoms with van der Waals surface area (Å²) in [6, 6.07) is 2.75.